The number of alkyl halides is 1. The van der Waals surface area contributed by atoms with Crippen molar-refractivity contribution >= 4 is 39.1 Å². The molecule has 18 heavy (non-hydrogen) atoms. The zero-order valence-electron chi connectivity index (χ0n) is 9.57. The molecule has 0 atom stereocenters. The van der Waals surface area contributed by atoms with Crippen LogP contribution in [0.1, 0.15) is 18.4 Å². The molecule has 5 nitrogen and oxygen atoms in total. The summed E-state index contributed by atoms with van der Waals surface area (Å²) in [6, 6.07) is 7.38. The number of halogens is 1. The van der Waals surface area contributed by atoms with Gasteiger partial charge in [0, 0.05) is 18.5 Å². The minimum atomic E-state index is -0.0926. The Balaban J connectivity index is 2.08. The SMILES string of the molecule is O=C1CCC(c2ccc(NC(=O)CBr)cc2)=NN1. The molecule has 0 saturated heterocycles. The summed E-state index contributed by atoms with van der Waals surface area (Å²) in [7, 11) is 0. The van der Waals surface area contributed by atoms with Crippen molar-refractivity contribution in [2.75, 3.05) is 10.6 Å². The molecule has 0 spiro atoms. The Labute approximate surface area is 113 Å². The maximum Gasteiger partial charge on any atom is 0.240 e. The minimum absolute atomic E-state index is 0.0556. The molecule has 1 heterocycles. The van der Waals surface area contributed by atoms with E-state index in [4.69, 9.17) is 0 Å². The van der Waals surface area contributed by atoms with E-state index in [2.05, 4.69) is 31.8 Å². The topological polar surface area (TPSA) is 70.6 Å². The molecule has 1 aliphatic heterocycles. The summed E-state index contributed by atoms with van der Waals surface area (Å²) in [5.74, 6) is -0.148. The van der Waals surface area contributed by atoms with Gasteiger partial charge in [-0.25, -0.2) is 5.43 Å². The second-order valence-electron chi connectivity index (χ2n) is 3.85. The molecule has 2 rings (SSSR count). The summed E-state index contributed by atoms with van der Waals surface area (Å²) >= 11 is 3.08. The predicted molar refractivity (Wildman–Crippen MR) is 72.8 cm³/mol. The molecule has 94 valence electrons. The van der Waals surface area contributed by atoms with Crippen LogP contribution >= 0.6 is 15.9 Å². The van der Waals surface area contributed by atoms with E-state index in [1.54, 1.807) is 0 Å². The van der Waals surface area contributed by atoms with Crippen LogP contribution in [0.15, 0.2) is 29.4 Å². The molecule has 0 unspecified atom stereocenters. The van der Waals surface area contributed by atoms with Gasteiger partial charge in [-0.15, -0.1) is 0 Å². The van der Waals surface area contributed by atoms with Gasteiger partial charge in [-0.05, 0) is 17.7 Å². The number of hydrogen-bond acceptors (Lipinski definition) is 3. The zero-order valence-corrected chi connectivity index (χ0v) is 11.2. The van der Waals surface area contributed by atoms with E-state index < -0.39 is 0 Å². The monoisotopic (exact) mass is 309 g/mol. The molecular weight excluding hydrogens is 298 g/mol. The largest absolute Gasteiger partial charge is 0.325 e. The van der Waals surface area contributed by atoms with E-state index in [1.165, 1.54) is 0 Å². The first kappa shape index (κ1) is 12.8. The lowest BCUT2D eigenvalue weighted by Crippen LogP contribution is -2.25. The highest BCUT2D eigenvalue weighted by atomic mass is 79.9. The van der Waals surface area contributed by atoms with E-state index in [9.17, 15) is 9.59 Å². The van der Waals surface area contributed by atoms with Crippen molar-refractivity contribution in [2.45, 2.75) is 12.8 Å². The molecule has 1 aliphatic rings. The minimum Gasteiger partial charge on any atom is -0.325 e. The Morgan fingerprint density at radius 1 is 1.33 bits per heavy atom. The average Bonchev–Trinajstić information content (AvgIpc) is 2.40. The normalized spacial score (nSPS) is 14.7. The first-order valence-corrected chi connectivity index (χ1v) is 6.63. The van der Waals surface area contributed by atoms with Gasteiger partial charge in [0.15, 0.2) is 0 Å². The van der Waals surface area contributed by atoms with Crippen LogP contribution in [0, 0.1) is 0 Å². The molecule has 1 aromatic rings. The van der Waals surface area contributed by atoms with Crippen LogP contribution in [0.3, 0.4) is 0 Å². The van der Waals surface area contributed by atoms with Crippen molar-refractivity contribution in [3.63, 3.8) is 0 Å². The van der Waals surface area contributed by atoms with E-state index in [0.717, 1.165) is 17.0 Å². The Bertz CT molecular complexity index is 497. The third kappa shape index (κ3) is 3.16. The summed E-state index contributed by atoms with van der Waals surface area (Å²) in [5, 5.41) is 7.01. The molecule has 0 saturated carbocycles. The third-order valence-electron chi connectivity index (χ3n) is 2.53. The van der Waals surface area contributed by atoms with Gasteiger partial charge in [-0.3, -0.25) is 9.59 Å². The maximum atomic E-state index is 11.2. The van der Waals surface area contributed by atoms with Gasteiger partial charge in [0.05, 0.1) is 11.0 Å². The lowest BCUT2D eigenvalue weighted by Gasteiger charge is -2.12. The summed E-state index contributed by atoms with van der Waals surface area (Å²) in [4.78, 5) is 22.2. The molecule has 6 heteroatoms. The van der Waals surface area contributed by atoms with Crippen molar-refractivity contribution < 1.29 is 9.59 Å². The number of benzene rings is 1. The smallest absolute Gasteiger partial charge is 0.240 e. The maximum absolute atomic E-state index is 11.2. The number of nitrogens with one attached hydrogen (secondary N) is 2. The van der Waals surface area contributed by atoms with Crippen molar-refractivity contribution in [3.05, 3.63) is 29.8 Å². The molecule has 0 aliphatic carbocycles. The Hall–Kier alpha value is -1.69. The number of anilines is 1. The average molecular weight is 310 g/mol. The van der Waals surface area contributed by atoms with Crippen LogP contribution in [0.2, 0.25) is 0 Å². The van der Waals surface area contributed by atoms with Crippen LogP contribution in [-0.2, 0) is 9.59 Å². The van der Waals surface area contributed by atoms with Crippen molar-refractivity contribution in [1.29, 1.82) is 0 Å². The molecular formula is C12H12BrN3O2. The van der Waals surface area contributed by atoms with Crippen LogP contribution < -0.4 is 10.7 Å². The summed E-state index contributed by atoms with van der Waals surface area (Å²) in [6.07, 6.45) is 1.10. The summed E-state index contributed by atoms with van der Waals surface area (Å²) in [6.45, 7) is 0. The lowest BCUT2D eigenvalue weighted by atomic mass is 10.0. The zero-order chi connectivity index (χ0) is 13.0. The second kappa shape index (κ2) is 5.77. The number of carbonyl (C=O) groups excluding carboxylic acids is 2. The van der Waals surface area contributed by atoms with Gasteiger partial charge in [0.1, 0.15) is 0 Å². The van der Waals surface area contributed by atoms with Crippen molar-refractivity contribution in [2.24, 2.45) is 5.10 Å². The number of carbonyl (C=O) groups is 2. The summed E-state index contributed by atoms with van der Waals surface area (Å²) in [5.41, 5.74) is 5.00. The van der Waals surface area contributed by atoms with E-state index in [-0.39, 0.29) is 17.1 Å². The number of hydrogen-bond donors (Lipinski definition) is 2. The molecule has 0 bridgehead atoms. The van der Waals surface area contributed by atoms with Gasteiger partial charge in [0.2, 0.25) is 11.8 Å². The van der Waals surface area contributed by atoms with Crippen molar-refractivity contribution in [3.8, 4) is 0 Å². The fraction of sp³-hybridized carbons (Fsp3) is 0.250. The molecule has 2 N–H and O–H groups in total. The molecule has 1 aromatic carbocycles. The van der Waals surface area contributed by atoms with Gasteiger partial charge in [0.25, 0.3) is 0 Å². The van der Waals surface area contributed by atoms with Crippen LogP contribution in [0.4, 0.5) is 5.69 Å². The van der Waals surface area contributed by atoms with Crippen LogP contribution in [0.5, 0.6) is 0 Å². The standard InChI is InChI=1S/C12H12BrN3O2/c13-7-12(18)14-9-3-1-8(2-4-9)10-5-6-11(17)16-15-10/h1-4H,5-7H2,(H,14,18)(H,16,17). The van der Waals surface area contributed by atoms with E-state index in [1.807, 2.05) is 24.3 Å². The van der Waals surface area contributed by atoms with Crippen LogP contribution in [-0.4, -0.2) is 22.9 Å². The van der Waals surface area contributed by atoms with Gasteiger partial charge in [-0.1, -0.05) is 28.1 Å². The van der Waals surface area contributed by atoms with E-state index >= 15 is 0 Å². The number of nitrogens with zero attached hydrogens (tertiary/aromatic N) is 1. The first-order chi connectivity index (χ1) is 8.69. The molecule has 0 aromatic heterocycles. The van der Waals surface area contributed by atoms with Crippen LogP contribution in [0.25, 0.3) is 0 Å². The molecule has 0 radical (unpaired) electrons. The molecule has 2 amide bonds. The lowest BCUT2D eigenvalue weighted by molar-refractivity contribution is -0.121. The van der Waals surface area contributed by atoms with Gasteiger partial charge < -0.3 is 5.32 Å². The van der Waals surface area contributed by atoms with Gasteiger partial charge >= 0.3 is 0 Å². The highest BCUT2D eigenvalue weighted by Crippen LogP contribution is 2.14. The Kier molecular flexibility index (Phi) is 4.09. The van der Waals surface area contributed by atoms with E-state index in [0.29, 0.717) is 12.8 Å². The number of hydrazone groups is 1. The number of amides is 2. The number of rotatable bonds is 3. The second-order valence-corrected chi connectivity index (χ2v) is 4.41. The highest BCUT2D eigenvalue weighted by Gasteiger charge is 2.13. The predicted octanol–water partition coefficient (Wildman–Crippen LogP) is 1.63. The summed E-state index contributed by atoms with van der Waals surface area (Å²) < 4.78 is 0. The fourth-order valence-corrected chi connectivity index (χ4v) is 1.76. The third-order valence-corrected chi connectivity index (χ3v) is 3.04. The first-order valence-electron chi connectivity index (χ1n) is 5.50. The fourth-order valence-electron chi connectivity index (χ4n) is 1.62. The highest BCUT2D eigenvalue weighted by molar-refractivity contribution is 9.09. The molecule has 0 fully saturated rings. The van der Waals surface area contributed by atoms with Gasteiger partial charge in [-0.2, -0.15) is 5.10 Å². The Morgan fingerprint density at radius 3 is 2.61 bits per heavy atom. The van der Waals surface area contributed by atoms with Crippen molar-refractivity contribution in [1.82, 2.24) is 5.43 Å². The quantitative estimate of drug-likeness (QED) is 0.833. The Morgan fingerprint density at radius 2 is 2.06 bits per heavy atom.